The number of likely N-dealkylation sites (tertiary alicyclic amines) is 1. The zero-order chi connectivity index (χ0) is 23.7. The molecule has 0 radical (unpaired) electrons. The number of amides is 1. The Labute approximate surface area is 203 Å². The molecule has 0 spiro atoms. The molecule has 178 valence electrons. The minimum atomic E-state index is -0.695. The Hall–Kier alpha value is -2.77. The van der Waals surface area contributed by atoms with E-state index < -0.39 is 6.17 Å². The lowest BCUT2D eigenvalue weighted by molar-refractivity contribution is 0.0863. The third-order valence-corrected chi connectivity index (χ3v) is 6.83. The van der Waals surface area contributed by atoms with Crippen LogP contribution in [0.15, 0.2) is 42.5 Å². The molecule has 34 heavy (non-hydrogen) atoms. The Morgan fingerprint density at radius 1 is 1.21 bits per heavy atom. The van der Waals surface area contributed by atoms with Gasteiger partial charge in [-0.1, -0.05) is 11.6 Å². The topological polar surface area (TPSA) is 67.3 Å². The van der Waals surface area contributed by atoms with Crippen LogP contribution in [0.2, 0.25) is 5.02 Å². The summed E-state index contributed by atoms with van der Waals surface area (Å²) in [5.74, 6) is 1.51. The number of hydrogen-bond donors (Lipinski definition) is 1. The van der Waals surface area contributed by atoms with Crippen LogP contribution >= 0.6 is 11.6 Å². The van der Waals surface area contributed by atoms with Gasteiger partial charge < -0.3 is 15.0 Å². The maximum Gasteiger partial charge on any atom is 0.270 e. The van der Waals surface area contributed by atoms with Crippen molar-refractivity contribution in [1.29, 1.82) is 0 Å². The summed E-state index contributed by atoms with van der Waals surface area (Å²) < 4.78 is 18.9. The highest BCUT2D eigenvalue weighted by Gasteiger charge is 2.34. The first-order chi connectivity index (χ1) is 16.5. The molecule has 0 unspecified atom stereocenters. The first-order valence-electron chi connectivity index (χ1n) is 11.9. The van der Waals surface area contributed by atoms with E-state index in [-0.39, 0.29) is 11.9 Å². The van der Waals surface area contributed by atoms with Gasteiger partial charge >= 0.3 is 0 Å². The number of alkyl halides is 1. The number of benzene rings is 2. The number of rotatable bonds is 7. The van der Waals surface area contributed by atoms with Crippen LogP contribution in [0.4, 0.5) is 4.39 Å². The average Bonchev–Trinajstić information content (AvgIpc) is 3.22. The molecule has 2 heterocycles. The van der Waals surface area contributed by atoms with Gasteiger partial charge in [0.05, 0.1) is 12.1 Å². The number of carbonyl (C=O) groups excluding carboxylic acids is 1. The Kier molecular flexibility index (Phi) is 6.66. The van der Waals surface area contributed by atoms with Crippen molar-refractivity contribution in [1.82, 2.24) is 20.2 Å². The number of carbonyl (C=O) groups is 1. The minimum Gasteiger partial charge on any atom is -0.494 e. The van der Waals surface area contributed by atoms with E-state index in [0.29, 0.717) is 52.9 Å². The number of ether oxygens (including phenoxy) is 1. The summed E-state index contributed by atoms with van der Waals surface area (Å²) in [4.78, 5) is 24.7. The van der Waals surface area contributed by atoms with Gasteiger partial charge in [-0.25, -0.2) is 14.4 Å². The largest absolute Gasteiger partial charge is 0.494 e. The molecule has 8 heteroatoms. The molecule has 2 aromatic carbocycles. The fourth-order valence-corrected chi connectivity index (χ4v) is 5.01. The van der Waals surface area contributed by atoms with Crippen molar-refractivity contribution in [3.05, 3.63) is 53.2 Å². The Bertz CT molecular complexity index is 1180. The van der Waals surface area contributed by atoms with Crippen molar-refractivity contribution >= 4 is 28.4 Å². The summed E-state index contributed by atoms with van der Waals surface area (Å²) in [6.07, 6.45) is 1.74. The first-order valence-corrected chi connectivity index (χ1v) is 12.2. The van der Waals surface area contributed by atoms with Gasteiger partial charge in [-0.2, -0.15) is 0 Å². The second kappa shape index (κ2) is 9.84. The van der Waals surface area contributed by atoms with E-state index in [1.165, 1.54) is 0 Å². The molecule has 6 nitrogen and oxygen atoms in total. The molecule has 1 amide bonds. The standard InChI is InChI=1S/C26H28ClFN4O2/c1-2-34-21-6-3-17(4-7-21)25-30-23-13-18(27)5-8-22(23)24(31-25)26(33)29-20-11-16(12-20)14-32-10-9-19(28)15-32/h3-8,13,16,19-20H,2,9-12,14-15H2,1H3,(H,29,33)/t16?,19-,20?/m1/s1. The summed E-state index contributed by atoms with van der Waals surface area (Å²) in [5.41, 5.74) is 1.76. The van der Waals surface area contributed by atoms with Crippen molar-refractivity contribution in [2.24, 2.45) is 5.92 Å². The van der Waals surface area contributed by atoms with Crippen molar-refractivity contribution in [2.45, 2.75) is 38.4 Å². The number of nitrogens with one attached hydrogen (secondary N) is 1. The van der Waals surface area contributed by atoms with Crippen LogP contribution in [0.25, 0.3) is 22.3 Å². The Balaban J connectivity index is 1.33. The highest BCUT2D eigenvalue weighted by atomic mass is 35.5. The molecule has 1 aliphatic carbocycles. The maximum absolute atomic E-state index is 13.4. The highest BCUT2D eigenvalue weighted by molar-refractivity contribution is 6.31. The van der Waals surface area contributed by atoms with Gasteiger partial charge in [-0.05, 0) is 74.6 Å². The van der Waals surface area contributed by atoms with E-state index in [9.17, 15) is 9.18 Å². The van der Waals surface area contributed by atoms with Gasteiger partial charge in [0.2, 0.25) is 0 Å². The Morgan fingerprint density at radius 3 is 2.71 bits per heavy atom. The molecule has 1 saturated heterocycles. The lowest BCUT2D eigenvalue weighted by Crippen LogP contribution is -2.47. The molecule has 1 atom stereocenters. The van der Waals surface area contributed by atoms with Crippen LogP contribution in [0.5, 0.6) is 5.75 Å². The second-order valence-corrected chi connectivity index (χ2v) is 9.60. The van der Waals surface area contributed by atoms with Crippen LogP contribution in [0.1, 0.15) is 36.7 Å². The van der Waals surface area contributed by atoms with Crippen molar-refractivity contribution < 1.29 is 13.9 Å². The molecule has 5 rings (SSSR count). The highest BCUT2D eigenvalue weighted by Crippen LogP contribution is 2.31. The van der Waals surface area contributed by atoms with Gasteiger partial charge in [0.25, 0.3) is 5.91 Å². The number of nitrogens with zero attached hydrogens (tertiary/aromatic N) is 3. The summed E-state index contributed by atoms with van der Waals surface area (Å²) in [7, 11) is 0. The van der Waals surface area contributed by atoms with Crippen molar-refractivity contribution in [3.63, 3.8) is 0 Å². The predicted molar refractivity (Wildman–Crippen MR) is 131 cm³/mol. The smallest absolute Gasteiger partial charge is 0.270 e. The first kappa shape index (κ1) is 23.0. The van der Waals surface area contributed by atoms with E-state index in [1.54, 1.807) is 18.2 Å². The fourth-order valence-electron chi connectivity index (χ4n) is 4.84. The maximum atomic E-state index is 13.4. The molecule has 0 bridgehead atoms. The Morgan fingerprint density at radius 2 is 2.00 bits per heavy atom. The minimum absolute atomic E-state index is 0.104. The monoisotopic (exact) mass is 482 g/mol. The van der Waals surface area contributed by atoms with Crippen molar-refractivity contribution in [2.75, 3.05) is 26.2 Å². The lowest BCUT2D eigenvalue weighted by Gasteiger charge is -2.38. The van der Waals surface area contributed by atoms with E-state index in [1.807, 2.05) is 31.2 Å². The quantitative estimate of drug-likeness (QED) is 0.518. The summed E-state index contributed by atoms with van der Waals surface area (Å²) in [6.45, 7) is 4.80. The average molecular weight is 483 g/mol. The molecular weight excluding hydrogens is 455 g/mol. The molecule has 2 fully saturated rings. The normalized spacial score (nSPS) is 22.5. The van der Waals surface area contributed by atoms with Crippen LogP contribution in [0.3, 0.4) is 0 Å². The number of hydrogen-bond acceptors (Lipinski definition) is 5. The summed E-state index contributed by atoms with van der Waals surface area (Å²) >= 11 is 6.21. The van der Waals surface area contributed by atoms with Gasteiger partial charge in [-0.15, -0.1) is 0 Å². The van der Waals surface area contributed by atoms with Gasteiger partial charge in [0.1, 0.15) is 17.6 Å². The molecule has 1 aliphatic heterocycles. The third-order valence-electron chi connectivity index (χ3n) is 6.60. The molecular formula is C26H28ClFN4O2. The molecule has 2 aliphatic rings. The SMILES string of the molecule is CCOc1ccc(-c2nc(C(=O)NC3CC(CN4CC[C@@H](F)C4)C3)c3ccc(Cl)cc3n2)cc1. The van der Waals surface area contributed by atoms with Gasteiger partial charge in [0, 0.05) is 41.6 Å². The molecule has 3 aromatic rings. The molecule has 1 aromatic heterocycles. The fraction of sp³-hybridized carbons (Fsp3) is 0.423. The van der Waals surface area contributed by atoms with Gasteiger partial charge in [-0.3, -0.25) is 4.79 Å². The zero-order valence-corrected chi connectivity index (χ0v) is 19.9. The summed E-state index contributed by atoms with van der Waals surface area (Å²) in [6, 6.07) is 12.9. The van der Waals surface area contributed by atoms with Crippen molar-refractivity contribution in [3.8, 4) is 17.1 Å². The van der Waals surface area contributed by atoms with Gasteiger partial charge in [0.15, 0.2) is 5.82 Å². The second-order valence-electron chi connectivity index (χ2n) is 9.17. The molecule has 1 saturated carbocycles. The van der Waals surface area contributed by atoms with Crippen LogP contribution in [-0.4, -0.2) is 59.2 Å². The van der Waals surface area contributed by atoms with E-state index >= 15 is 0 Å². The van der Waals surface area contributed by atoms with Crippen LogP contribution < -0.4 is 10.1 Å². The summed E-state index contributed by atoms with van der Waals surface area (Å²) in [5, 5.41) is 4.35. The van der Waals surface area contributed by atoms with E-state index in [0.717, 1.165) is 37.2 Å². The van der Waals surface area contributed by atoms with Crippen LogP contribution in [-0.2, 0) is 0 Å². The predicted octanol–water partition coefficient (Wildman–Crippen LogP) is 4.90. The van der Waals surface area contributed by atoms with Crippen LogP contribution in [0, 0.1) is 5.92 Å². The van der Waals surface area contributed by atoms with E-state index in [2.05, 4.69) is 20.2 Å². The number of halogens is 2. The number of fused-ring (bicyclic) bond motifs is 1. The number of aromatic nitrogens is 2. The van der Waals surface area contributed by atoms with E-state index in [4.69, 9.17) is 16.3 Å². The zero-order valence-electron chi connectivity index (χ0n) is 19.1. The third kappa shape index (κ3) is 5.00. The molecule has 1 N–H and O–H groups in total. The lowest BCUT2D eigenvalue weighted by atomic mass is 9.80.